The highest BCUT2D eigenvalue weighted by Gasteiger charge is 1.86. The van der Waals surface area contributed by atoms with Crippen LogP contribution in [0.3, 0.4) is 0 Å². The van der Waals surface area contributed by atoms with E-state index in [0.29, 0.717) is 5.92 Å². The molecule has 0 aromatic heterocycles. The van der Waals surface area contributed by atoms with E-state index in [2.05, 4.69) is 26.0 Å². The summed E-state index contributed by atoms with van der Waals surface area (Å²) in [7, 11) is 0. The van der Waals surface area contributed by atoms with Gasteiger partial charge >= 0.3 is 0 Å². The quantitative estimate of drug-likeness (QED) is 0.498. The maximum Gasteiger partial charge on any atom is -0.0614 e. The molecule has 0 aliphatic rings. The lowest BCUT2D eigenvalue weighted by molar-refractivity contribution is 0.964. The lowest BCUT2D eigenvalue weighted by atomic mass is 10.0. The van der Waals surface area contributed by atoms with Crippen LogP contribution in [0.1, 0.15) is 18.4 Å². The molecule has 0 saturated heterocycles. The molecule has 1 rings (SSSR count). The molecule has 1 aromatic carbocycles. The van der Waals surface area contributed by atoms with E-state index in [1.54, 1.807) is 0 Å². The first-order chi connectivity index (χ1) is 4.30. The molecule has 0 nitrogen and oxygen atoms in total. The molecule has 9 heavy (non-hydrogen) atoms. The Balaban J connectivity index is 2.85. The van der Waals surface area contributed by atoms with Gasteiger partial charge in [-0.1, -0.05) is 42.8 Å². The van der Waals surface area contributed by atoms with Crippen molar-refractivity contribution in [3.05, 3.63) is 42.8 Å². The average molecular weight is 119 g/mol. The van der Waals surface area contributed by atoms with Gasteiger partial charge in [0.25, 0.3) is 0 Å². The van der Waals surface area contributed by atoms with Crippen molar-refractivity contribution in [1.29, 1.82) is 0 Å². The Hall–Kier alpha value is -0.780. The summed E-state index contributed by atoms with van der Waals surface area (Å²) in [6.07, 6.45) is 0. The Morgan fingerprint density at radius 3 is 2.11 bits per heavy atom. The lowest BCUT2D eigenvalue weighted by Crippen LogP contribution is -1.83. The summed E-state index contributed by atoms with van der Waals surface area (Å²) in [5.41, 5.74) is 1.30. The standard InChI is InChI=1S/C9H11/c1-8(2)9-6-4-3-5-7-9/h3-8H,1H2,2H3/q-1. The van der Waals surface area contributed by atoms with E-state index in [-0.39, 0.29) is 0 Å². The number of hydrogen-bond donors (Lipinski definition) is 0. The second kappa shape index (κ2) is 2.67. The second-order valence-electron chi connectivity index (χ2n) is 2.31. The van der Waals surface area contributed by atoms with E-state index in [0.717, 1.165) is 0 Å². The summed E-state index contributed by atoms with van der Waals surface area (Å²) in [6.45, 7) is 6.00. The Morgan fingerprint density at radius 1 is 1.22 bits per heavy atom. The van der Waals surface area contributed by atoms with Crippen molar-refractivity contribution in [2.75, 3.05) is 0 Å². The number of benzene rings is 1. The van der Waals surface area contributed by atoms with Crippen LogP contribution in [0.5, 0.6) is 0 Å². The van der Waals surface area contributed by atoms with Crippen LogP contribution in [0.2, 0.25) is 0 Å². The molecule has 0 bridgehead atoms. The van der Waals surface area contributed by atoms with E-state index < -0.39 is 0 Å². The minimum atomic E-state index is 0.409. The molecule has 0 radical (unpaired) electrons. The molecule has 0 spiro atoms. The fourth-order valence-electron chi connectivity index (χ4n) is 0.782. The zero-order chi connectivity index (χ0) is 6.69. The Bertz CT molecular complexity index is 163. The first-order valence-corrected chi connectivity index (χ1v) is 3.18. The van der Waals surface area contributed by atoms with E-state index in [4.69, 9.17) is 0 Å². The van der Waals surface area contributed by atoms with Crippen LogP contribution < -0.4 is 0 Å². The van der Waals surface area contributed by atoms with Crippen molar-refractivity contribution in [2.24, 2.45) is 0 Å². The van der Waals surface area contributed by atoms with Crippen LogP contribution in [0.15, 0.2) is 30.3 Å². The van der Waals surface area contributed by atoms with Crippen molar-refractivity contribution in [3.63, 3.8) is 0 Å². The molecule has 0 amide bonds. The largest absolute Gasteiger partial charge is 0.336 e. The smallest absolute Gasteiger partial charge is 0.0614 e. The van der Waals surface area contributed by atoms with Crippen molar-refractivity contribution in [2.45, 2.75) is 12.8 Å². The van der Waals surface area contributed by atoms with Gasteiger partial charge in [-0.15, -0.1) is 5.92 Å². The molecule has 1 atom stereocenters. The first kappa shape index (κ1) is 6.34. The van der Waals surface area contributed by atoms with Gasteiger partial charge in [0, 0.05) is 0 Å². The van der Waals surface area contributed by atoms with Crippen molar-refractivity contribution in [1.82, 2.24) is 0 Å². The summed E-state index contributed by atoms with van der Waals surface area (Å²) in [4.78, 5) is 0. The summed E-state index contributed by atoms with van der Waals surface area (Å²) in [6, 6.07) is 10.3. The summed E-state index contributed by atoms with van der Waals surface area (Å²) in [5.74, 6) is 0.409. The predicted octanol–water partition coefficient (Wildman–Crippen LogP) is 2.62. The highest BCUT2D eigenvalue weighted by Crippen LogP contribution is 2.11. The van der Waals surface area contributed by atoms with Gasteiger partial charge in [0.15, 0.2) is 0 Å². The normalized spacial score (nSPS) is 13.1. The minimum absolute atomic E-state index is 0.409. The van der Waals surface area contributed by atoms with E-state index in [1.807, 2.05) is 18.2 Å². The Kier molecular flexibility index (Phi) is 1.88. The Morgan fingerprint density at radius 2 is 1.78 bits per heavy atom. The van der Waals surface area contributed by atoms with Crippen LogP contribution >= 0.6 is 0 Å². The number of hydrogen-bond acceptors (Lipinski definition) is 0. The monoisotopic (exact) mass is 119 g/mol. The molecule has 0 fully saturated rings. The van der Waals surface area contributed by atoms with Gasteiger partial charge in [-0.3, -0.25) is 0 Å². The first-order valence-electron chi connectivity index (χ1n) is 3.18. The maximum atomic E-state index is 3.91. The molecule has 1 unspecified atom stereocenters. The molecular weight excluding hydrogens is 108 g/mol. The fraction of sp³-hybridized carbons (Fsp3) is 0.222. The number of rotatable bonds is 1. The van der Waals surface area contributed by atoms with Crippen LogP contribution in [0, 0.1) is 6.92 Å². The van der Waals surface area contributed by atoms with Gasteiger partial charge in [-0.25, -0.2) is 0 Å². The second-order valence-corrected chi connectivity index (χ2v) is 2.31. The van der Waals surface area contributed by atoms with E-state index >= 15 is 0 Å². The maximum absolute atomic E-state index is 3.91. The Labute approximate surface area is 56.5 Å². The average Bonchev–Trinajstić information content (AvgIpc) is 1.90. The van der Waals surface area contributed by atoms with Crippen LogP contribution in [-0.4, -0.2) is 0 Å². The van der Waals surface area contributed by atoms with Crippen LogP contribution in [-0.2, 0) is 0 Å². The van der Waals surface area contributed by atoms with Gasteiger partial charge < -0.3 is 6.92 Å². The molecule has 0 heterocycles. The molecule has 0 heteroatoms. The third-order valence-electron chi connectivity index (χ3n) is 1.37. The van der Waals surface area contributed by atoms with Crippen LogP contribution in [0.4, 0.5) is 0 Å². The molecular formula is C9H11-. The molecule has 0 aliphatic heterocycles. The zero-order valence-electron chi connectivity index (χ0n) is 5.67. The summed E-state index contributed by atoms with van der Waals surface area (Å²) >= 11 is 0. The van der Waals surface area contributed by atoms with Gasteiger partial charge in [0.1, 0.15) is 0 Å². The van der Waals surface area contributed by atoms with Gasteiger partial charge in [0.2, 0.25) is 0 Å². The van der Waals surface area contributed by atoms with Gasteiger partial charge in [-0.05, 0) is 0 Å². The third kappa shape index (κ3) is 1.56. The van der Waals surface area contributed by atoms with Gasteiger partial charge in [0.05, 0.1) is 0 Å². The van der Waals surface area contributed by atoms with Gasteiger partial charge in [-0.2, -0.15) is 0 Å². The van der Waals surface area contributed by atoms with Crippen LogP contribution in [0.25, 0.3) is 0 Å². The predicted molar refractivity (Wildman–Crippen MR) is 40.2 cm³/mol. The minimum Gasteiger partial charge on any atom is -0.336 e. The topological polar surface area (TPSA) is 0 Å². The lowest BCUT2D eigenvalue weighted by Gasteiger charge is -2.09. The van der Waals surface area contributed by atoms with Crippen molar-refractivity contribution in [3.8, 4) is 0 Å². The van der Waals surface area contributed by atoms with Crippen molar-refractivity contribution >= 4 is 0 Å². The van der Waals surface area contributed by atoms with Crippen molar-refractivity contribution < 1.29 is 0 Å². The van der Waals surface area contributed by atoms with E-state index in [9.17, 15) is 0 Å². The molecule has 0 saturated carbocycles. The SMILES string of the molecule is [CH2-]C(C)c1ccccc1. The summed E-state index contributed by atoms with van der Waals surface area (Å²) in [5, 5.41) is 0. The molecule has 0 aliphatic carbocycles. The molecule has 48 valence electrons. The fourth-order valence-corrected chi connectivity index (χ4v) is 0.782. The third-order valence-corrected chi connectivity index (χ3v) is 1.37. The highest BCUT2D eigenvalue weighted by atomic mass is 14.0. The highest BCUT2D eigenvalue weighted by molar-refractivity contribution is 5.19. The van der Waals surface area contributed by atoms with E-state index in [1.165, 1.54) is 5.56 Å². The molecule has 1 aromatic rings. The zero-order valence-corrected chi connectivity index (χ0v) is 5.67. The molecule has 0 N–H and O–H groups in total. The summed E-state index contributed by atoms with van der Waals surface area (Å²) < 4.78 is 0.